The van der Waals surface area contributed by atoms with E-state index in [0.29, 0.717) is 6.79 Å². The molecule has 1 aromatic carbocycles. The molecule has 2 N–H and O–H groups in total. The molecule has 5 heteroatoms. The van der Waals surface area contributed by atoms with Crippen molar-refractivity contribution in [3.05, 3.63) is 47.1 Å². The van der Waals surface area contributed by atoms with Crippen LogP contribution in [0.25, 0.3) is 0 Å². The largest absolute Gasteiger partial charge is 0.461 e. The number of hydrogen-bond donors (Lipinski definition) is 1. The van der Waals surface area contributed by atoms with Crippen LogP contribution in [0.2, 0.25) is 0 Å². The van der Waals surface area contributed by atoms with E-state index in [1.807, 2.05) is 12.1 Å². The SMILES string of the molecule is CC1=CCC[C@]2(C)C[C@H]3OC(=O)[C@H](C[NH2+]Cc4ccc5c(c4)OCO5)[C@H]3C=C12. The van der Waals surface area contributed by atoms with Crippen molar-refractivity contribution in [2.24, 2.45) is 17.3 Å². The van der Waals surface area contributed by atoms with Crippen LogP contribution in [0.15, 0.2) is 41.5 Å². The molecule has 2 aliphatic heterocycles. The van der Waals surface area contributed by atoms with Crippen molar-refractivity contribution in [1.29, 1.82) is 0 Å². The number of allylic oxidation sites excluding steroid dienone is 3. The lowest BCUT2D eigenvalue weighted by atomic mass is 9.62. The lowest BCUT2D eigenvalue weighted by Crippen LogP contribution is -2.84. The molecule has 2 aliphatic carbocycles. The van der Waals surface area contributed by atoms with Gasteiger partial charge in [-0.2, -0.15) is 0 Å². The number of rotatable bonds is 4. The fraction of sp³-hybridized carbons (Fsp3) is 0.522. The zero-order valence-electron chi connectivity index (χ0n) is 16.6. The van der Waals surface area contributed by atoms with Crippen LogP contribution in [0.3, 0.4) is 0 Å². The van der Waals surface area contributed by atoms with Crippen LogP contribution in [0, 0.1) is 17.3 Å². The molecule has 0 aromatic heterocycles. The number of nitrogens with two attached hydrogens (primary N) is 1. The van der Waals surface area contributed by atoms with Crippen molar-refractivity contribution in [3.8, 4) is 11.5 Å². The minimum Gasteiger partial charge on any atom is -0.461 e. The summed E-state index contributed by atoms with van der Waals surface area (Å²) < 4.78 is 16.7. The molecule has 0 radical (unpaired) electrons. The van der Waals surface area contributed by atoms with Crippen molar-refractivity contribution in [1.82, 2.24) is 0 Å². The highest BCUT2D eigenvalue weighted by Crippen LogP contribution is 2.52. The van der Waals surface area contributed by atoms with Gasteiger partial charge < -0.3 is 19.5 Å². The fourth-order valence-corrected chi connectivity index (χ4v) is 5.39. The molecule has 0 amide bonds. The Morgan fingerprint density at radius 1 is 1.25 bits per heavy atom. The Bertz CT molecular complexity index is 873. The van der Waals surface area contributed by atoms with Gasteiger partial charge in [0, 0.05) is 11.5 Å². The van der Waals surface area contributed by atoms with Gasteiger partial charge in [0.25, 0.3) is 0 Å². The molecular weight excluding hydrogens is 354 g/mol. The first-order valence-electron chi connectivity index (χ1n) is 10.3. The predicted octanol–water partition coefficient (Wildman–Crippen LogP) is 2.71. The summed E-state index contributed by atoms with van der Waals surface area (Å²) in [5.41, 5.74) is 4.16. The molecule has 0 bridgehead atoms. The number of carbonyl (C=O) groups excluding carboxylic acids is 1. The van der Waals surface area contributed by atoms with Gasteiger partial charge in [-0.15, -0.1) is 0 Å². The second-order valence-corrected chi connectivity index (χ2v) is 8.85. The molecule has 0 saturated carbocycles. The van der Waals surface area contributed by atoms with Crippen LogP contribution in [-0.2, 0) is 16.1 Å². The van der Waals surface area contributed by atoms with Crippen LogP contribution >= 0.6 is 0 Å². The van der Waals surface area contributed by atoms with E-state index in [1.54, 1.807) is 0 Å². The summed E-state index contributed by atoms with van der Waals surface area (Å²) in [6.07, 6.45) is 7.97. The number of fused-ring (bicyclic) bond motifs is 3. The summed E-state index contributed by atoms with van der Waals surface area (Å²) in [4.78, 5) is 12.6. The first kappa shape index (κ1) is 17.8. The summed E-state index contributed by atoms with van der Waals surface area (Å²) in [6, 6.07) is 6.04. The Balaban J connectivity index is 1.28. The first-order chi connectivity index (χ1) is 13.5. The minimum absolute atomic E-state index is 0.0299. The number of benzene rings is 1. The number of ether oxygens (including phenoxy) is 3. The number of carbonyl (C=O) groups is 1. The maximum Gasteiger partial charge on any atom is 0.315 e. The zero-order valence-corrected chi connectivity index (χ0v) is 16.6. The molecule has 0 spiro atoms. The van der Waals surface area contributed by atoms with Gasteiger partial charge in [0.15, 0.2) is 11.5 Å². The van der Waals surface area contributed by atoms with Gasteiger partial charge in [0.2, 0.25) is 6.79 Å². The Morgan fingerprint density at radius 3 is 3.00 bits per heavy atom. The quantitative estimate of drug-likeness (QED) is 0.814. The molecule has 4 aliphatic rings. The maximum atomic E-state index is 12.6. The van der Waals surface area contributed by atoms with E-state index in [0.717, 1.165) is 43.9 Å². The summed E-state index contributed by atoms with van der Waals surface area (Å²) in [6.45, 7) is 6.39. The van der Waals surface area contributed by atoms with Crippen LogP contribution < -0.4 is 14.8 Å². The van der Waals surface area contributed by atoms with Crippen LogP contribution in [-0.4, -0.2) is 25.4 Å². The molecule has 1 aromatic rings. The smallest absolute Gasteiger partial charge is 0.315 e. The van der Waals surface area contributed by atoms with Crippen LogP contribution in [0.5, 0.6) is 11.5 Å². The summed E-state index contributed by atoms with van der Waals surface area (Å²) in [5, 5.41) is 2.21. The molecule has 5 nitrogen and oxygen atoms in total. The molecule has 4 atom stereocenters. The van der Waals surface area contributed by atoms with Gasteiger partial charge in [-0.05, 0) is 55.4 Å². The third kappa shape index (κ3) is 2.93. The van der Waals surface area contributed by atoms with E-state index in [4.69, 9.17) is 14.2 Å². The van der Waals surface area contributed by atoms with E-state index in [1.165, 1.54) is 16.7 Å². The Morgan fingerprint density at radius 2 is 2.11 bits per heavy atom. The van der Waals surface area contributed by atoms with Crippen molar-refractivity contribution < 1.29 is 24.3 Å². The maximum absolute atomic E-state index is 12.6. The lowest BCUT2D eigenvalue weighted by molar-refractivity contribution is -0.674. The minimum atomic E-state index is -0.0641. The third-order valence-electron chi connectivity index (χ3n) is 6.93. The van der Waals surface area contributed by atoms with E-state index in [2.05, 4.69) is 37.4 Å². The third-order valence-corrected chi connectivity index (χ3v) is 6.93. The molecule has 0 unspecified atom stereocenters. The van der Waals surface area contributed by atoms with Crippen LogP contribution in [0.1, 0.15) is 38.7 Å². The van der Waals surface area contributed by atoms with Crippen molar-refractivity contribution in [2.45, 2.75) is 45.8 Å². The van der Waals surface area contributed by atoms with Crippen molar-refractivity contribution >= 4 is 5.97 Å². The van der Waals surface area contributed by atoms with E-state index >= 15 is 0 Å². The van der Waals surface area contributed by atoms with E-state index in [-0.39, 0.29) is 29.3 Å². The fourth-order valence-electron chi connectivity index (χ4n) is 5.39. The summed E-state index contributed by atoms with van der Waals surface area (Å²) in [7, 11) is 0. The van der Waals surface area contributed by atoms with Gasteiger partial charge in [-0.3, -0.25) is 4.79 Å². The number of hydrogen-bond acceptors (Lipinski definition) is 4. The van der Waals surface area contributed by atoms with Crippen LogP contribution in [0.4, 0.5) is 0 Å². The summed E-state index contributed by atoms with van der Waals surface area (Å²) >= 11 is 0. The van der Waals surface area contributed by atoms with E-state index < -0.39 is 0 Å². The Hall–Kier alpha value is -2.27. The first-order valence-corrected chi connectivity index (χ1v) is 10.3. The van der Waals surface area contributed by atoms with Gasteiger partial charge in [-0.25, -0.2) is 0 Å². The topological polar surface area (TPSA) is 61.4 Å². The molecule has 1 saturated heterocycles. The van der Waals surface area contributed by atoms with Crippen molar-refractivity contribution in [2.75, 3.05) is 13.3 Å². The second kappa shape index (κ2) is 6.66. The molecular formula is C23H28NO4+. The zero-order chi connectivity index (χ0) is 19.3. The molecule has 148 valence electrons. The second-order valence-electron chi connectivity index (χ2n) is 8.85. The average molecular weight is 382 g/mol. The average Bonchev–Trinajstić information content (AvgIpc) is 3.24. The predicted molar refractivity (Wildman–Crippen MR) is 104 cm³/mol. The number of quaternary nitrogens is 1. The molecule has 5 rings (SSSR count). The van der Waals surface area contributed by atoms with Crippen molar-refractivity contribution in [3.63, 3.8) is 0 Å². The highest BCUT2D eigenvalue weighted by molar-refractivity contribution is 5.76. The Labute approximate surface area is 165 Å². The highest BCUT2D eigenvalue weighted by atomic mass is 16.7. The van der Waals surface area contributed by atoms with Gasteiger partial charge in [0.05, 0.1) is 6.54 Å². The van der Waals surface area contributed by atoms with Gasteiger partial charge in [-0.1, -0.05) is 24.6 Å². The lowest BCUT2D eigenvalue weighted by Gasteiger charge is -2.42. The molecule has 2 heterocycles. The van der Waals surface area contributed by atoms with Gasteiger partial charge in [0.1, 0.15) is 18.6 Å². The molecule has 28 heavy (non-hydrogen) atoms. The summed E-state index contributed by atoms with van der Waals surface area (Å²) in [5.74, 6) is 1.72. The van der Waals surface area contributed by atoms with E-state index in [9.17, 15) is 4.79 Å². The normalized spacial score (nSPS) is 32.9. The Kier molecular flexibility index (Phi) is 4.23. The van der Waals surface area contributed by atoms with Gasteiger partial charge >= 0.3 is 5.97 Å². The highest BCUT2D eigenvalue weighted by Gasteiger charge is 2.51. The molecule has 1 fully saturated rings. The monoisotopic (exact) mass is 382 g/mol. The number of esters is 1. The standard InChI is InChI=1S/C23H27NO4/c1-14-4-3-7-23(2)10-21-16(9-18(14)23)17(22(25)28-21)12-24-11-15-5-6-19-20(8-15)27-13-26-19/h4-6,8-9,16-17,21,24H,3,7,10-13H2,1-2H3/p+1/t16-,17-,21-,23-/m1/s1.